The summed E-state index contributed by atoms with van der Waals surface area (Å²) < 4.78 is 10.2. The summed E-state index contributed by atoms with van der Waals surface area (Å²) in [5.74, 6) is 1.10. The number of carbonyl (C=O) groups excluding carboxylic acids is 2. The highest BCUT2D eigenvalue weighted by molar-refractivity contribution is 5.86. The monoisotopic (exact) mass is 296 g/mol. The minimum Gasteiger partial charge on any atom is -0.497 e. The van der Waals surface area contributed by atoms with Crippen molar-refractivity contribution in [3.05, 3.63) is 36.4 Å². The molecule has 0 heterocycles. The van der Waals surface area contributed by atoms with Crippen molar-refractivity contribution in [1.29, 1.82) is 0 Å². The highest BCUT2D eigenvalue weighted by atomic mass is 16.5. The van der Waals surface area contributed by atoms with Crippen LogP contribution >= 0.6 is 0 Å². The van der Waals surface area contributed by atoms with Crippen LogP contribution in [0, 0.1) is 0 Å². The molecule has 0 spiro atoms. The van der Waals surface area contributed by atoms with E-state index in [9.17, 15) is 9.59 Å². The van der Waals surface area contributed by atoms with Crippen LogP contribution in [0.2, 0.25) is 0 Å². The first kappa shape index (κ1) is 15.2. The molecule has 0 aliphatic heterocycles. The van der Waals surface area contributed by atoms with Crippen LogP contribution in [0.1, 0.15) is 0 Å². The summed E-state index contributed by atoms with van der Waals surface area (Å²) in [7, 11) is 3.03. The van der Waals surface area contributed by atoms with Gasteiger partial charge in [-0.15, -0.1) is 0 Å². The average Bonchev–Trinajstić information content (AvgIpc) is 2.55. The molecule has 2 aromatic rings. The molecule has 6 heteroatoms. The van der Waals surface area contributed by atoms with E-state index in [1.807, 2.05) is 0 Å². The van der Waals surface area contributed by atoms with Gasteiger partial charge in [-0.3, -0.25) is 0 Å². The van der Waals surface area contributed by atoms with Crippen molar-refractivity contribution >= 4 is 23.5 Å². The van der Waals surface area contributed by atoms with Gasteiger partial charge in [0.05, 0.1) is 25.6 Å². The van der Waals surface area contributed by atoms with E-state index < -0.39 is 0 Å². The molecule has 6 nitrogen and oxygen atoms in total. The fourth-order valence-electron chi connectivity index (χ4n) is 2.02. The van der Waals surface area contributed by atoms with Crippen molar-refractivity contribution in [2.75, 3.05) is 14.2 Å². The summed E-state index contributed by atoms with van der Waals surface area (Å²) in [5, 5.41) is 0. The second-order valence-corrected chi connectivity index (χ2v) is 4.17. The summed E-state index contributed by atoms with van der Waals surface area (Å²) in [6, 6.07) is 10.1. The Balaban J connectivity index is 2.70. The van der Waals surface area contributed by atoms with Gasteiger partial charge in [-0.25, -0.2) is 9.59 Å². The molecular weight excluding hydrogens is 284 g/mol. The van der Waals surface area contributed by atoms with Crippen molar-refractivity contribution < 1.29 is 19.1 Å². The van der Waals surface area contributed by atoms with Gasteiger partial charge in [-0.2, -0.15) is 9.98 Å². The number of nitrogens with zero attached hydrogens (tertiary/aromatic N) is 2. The van der Waals surface area contributed by atoms with Gasteiger partial charge in [0.2, 0.25) is 12.2 Å². The Kier molecular flexibility index (Phi) is 4.83. The third-order valence-corrected chi connectivity index (χ3v) is 3.03. The zero-order chi connectivity index (χ0) is 15.9. The first-order valence-corrected chi connectivity index (χ1v) is 6.25. The number of hydrogen-bond donors (Lipinski definition) is 0. The van der Waals surface area contributed by atoms with Gasteiger partial charge in [0, 0.05) is 23.3 Å². The number of benzene rings is 2. The van der Waals surface area contributed by atoms with Crippen LogP contribution in [0.25, 0.3) is 11.1 Å². The van der Waals surface area contributed by atoms with E-state index in [0.717, 1.165) is 0 Å². The van der Waals surface area contributed by atoms with E-state index in [2.05, 4.69) is 9.98 Å². The zero-order valence-electron chi connectivity index (χ0n) is 12.0. The largest absolute Gasteiger partial charge is 0.497 e. The standard InChI is InChI=1S/C16H12N2O4/c1-21-11-3-5-13(15(7-11)17-9-19)14-6-4-12(22-2)8-16(14)18-10-20/h3-8H,1-2H3. The molecule has 0 radical (unpaired) electrons. The predicted molar refractivity (Wildman–Crippen MR) is 80.5 cm³/mol. The lowest BCUT2D eigenvalue weighted by molar-refractivity contribution is 0.414. The van der Waals surface area contributed by atoms with E-state index in [4.69, 9.17) is 9.47 Å². The van der Waals surface area contributed by atoms with Crippen molar-refractivity contribution in [1.82, 2.24) is 0 Å². The molecule has 0 saturated heterocycles. The summed E-state index contributed by atoms with van der Waals surface area (Å²) in [5.41, 5.74) is 1.95. The number of ether oxygens (including phenoxy) is 2. The summed E-state index contributed by atoms with van der Waals surface area (Å²) in [4.78, 5) is 28.6. The van der Waals surface area contributed by atoms with Crippen LogP contribution < -0.4 is 9.47 Å². The lowest BCUT2D eigenvalue weighted by Crippen LogP contribution is -1.87. The van der Waals surface area contributed by atoms with Crippen LogP contribution in [0.4, 0.5) is 11.4 Å². The molecule has 0 amide bonds. The molecule has 0 bridgehead atoms. The quantitative estimate of drug-likeness (QED) is 0.626. The molecule has 2 rings (SSSR count). The van der Waals surface area contributed by atoms with Crippen LogP contribution in [0.5, 0.6) is 11.5 Å². The van der Waals surface area contributed by atoms with Gasteiger partial charge in [-0.05, 0) is 24.3 Å². The number of methoxy groups -OCH3 is 2. The molecule has 0 saturated carbocycles. The Morgan fingerprint density at radius 3 is 1.50 bits per heavy atom. The van der Waals surface area contributed by atoms with Crippen molar-refractivity contribution in [2.24, 2.45) is 9.98 Å². The third-order valence-electron chi connectivity index (χ3n) is 3.03. The van der Waals surface area contributed by atoms with E-state index in [-0.39, 0.29) is 0 Å². The number of aliphatic imine (C=N–C) groups is 2. The van der Waals surface area contributed by atoms with E-state index in [1.165, 1.54) is 26.4 Å². The maximum atomic E-state index is 10.6. The van der Waals surface area contributed by atoms with E-state index in [1.54, 1.807) is 36.4 Å². The molecule has 2 aromatic carbocycles. The van der Waals surface area contributed by atoms with Gasteiger partial charge in [0.15, 0.2) is 0 Å². The smallest absolute Gasteiger partial charge is 0.240 e. The molecule has 0 aliphatic rings. The SMILES string of the molecule is COc1ccc(-c2ccc(OC)cc2N=C=O)c(N=C=O)c1. The normalized spacial score (nSPS) is 9.36. The first-order valence-electron chi connectivity index (χ1n) is 6.25. The molecular formula is C16H12N2O4. The summed E-state index contributed by atoms with van der Waals surface area (Å²) in [6.45, 7) is 0. The Morgan fingerprint density at radius 1 is 0.773 bits per heavy atom. The topological polar surface area (TPSA) is 77.3 Å². The zero-order valence-corrected chi connectivity index (χ0v) is 12.0. The first-order chi connectivity index (χ1) is 10.7. The van der Waals surface area contributed by atoms with Gasteiger partial charge in [0.1, 0.15) is 11.5 Å². The minimum atomic E-state index is 0.363. The summed E-state index contributed by atoms with van der Waals surface area (Å²) >= 11 is 0. The molecule has 0 aliphatic carbocycles. The van der Waals surface area contributed by atoms with E-state index in [0.29, 0.717) is 34.0 Å². The van der Waals surface area contributed by atoms with Crippen LogP contribution in [0.3, 0.4) is 0 Å². The Labute approximate surface area is 126 Å². The van der Waals surface area contributed by atoms with Gasteiger partial charge < -0.3 is 9.47 Å². The van der Waals surface area contributed by atoms with Crippen LogP contribution in [-0.2, 0) is 9.59 Å². The molecule has 0 unspecified atom stereocenters. The lowest BCUT2D eigenvalue weighted by Gasteiger charge is -2.10. The average molecular weight is 296 g/mol. The number of hydrogen-bond acceptors (Lipinski definition) is 6. The van der Waals surface area contributed by atoms with E-state index >= 15 is 0 Å². The maximum absolute atomic E-state index is 10.6. The summed E-state index contributed by atoms with van der Waals surface area (Å²) in [6.07, 6.45) is 3.01. The molecule has 0 aromatic heterocycles. The molecule has 0 N–H and O–H groups in total. The Bertz CT molecular complexity index is 721. The second-order valence-electron chi connectivity index (χ2n) is 4.17. The van der Waals surface area contributed by atoms with Crippen molar-refractivity contribution in [3.63, 3.8) is 0 Å². The van der Waals surface area contributed by atoms with Gasteiger partial charge in [0.25, 0.3) is 0 Å². The molecule has 110 valence electrons. The fraction of sp³-hybridized carbons (Fsp3) is 0.125. The fourth-order valence-corrected chi connectivity index (χ4v) is 2.02. The predicted octanol–water partition coefficient (Wildman–Crippen LogP) is 3.31. The van der Waals surface area contributed by atoms with Gasteiger partial charge in [-0.1, -0.05) is 0 Å². The Morgan fingerprint density at radius 2 is 1.18 bits per heavy atom. The van der Waals surface area contributed by atoms with Crippen LogP contribution in [-0.4, -0.2) is 26.4 Å². The molecule has 22 heavy (non-hydrogen) atoms. The third kappa shape index (κ3) is 3.10. The van der Waals surface area contributed by atoms with Crippen molar-refractivity contribution in [2.45, 2.75) is 0 Å². The molecule has 0 atom stereocenters. The Hall–Kier alpha value is -3.20. The van der Waals surface area contributed by atoms with Crippen LogP contribution in [0.15, 0.2) is 46.4 Å². The number of rotatable bonds is 5. The highest BCUT2D eigenvalue weighted by Crippen LogP contribution is 2.39. The molecule has 0 fully saturated rings. The lowest BCUT2D eigenvalue weighted by atomic mass is 10.0. The maximum Gasteiger partial charge on any atom is 0.240 e. The highest BCUT2D eigenvalue weighted by Gasteiger charge is 2.12. The number of isocyanates is 2. The minimum absolute atomic E-state index is 0.363. The van der Waals surface area contributed by atoms with Gasteiger partial charge >= 0.3 is 0 Å². The van der Waals surface area contributed by atoms with Crippen molar-refractivity contribution in [3.8, 4) is 22.6 Å². The second kappa shape index (κ2) is 6.99.